The van der Waals surface area contributed by atoms with Crippen molar-refractivity contribution in [2.45, 2.75) is 45.1 Å². The van der Waals surface area contributed by atoms with E-state index in [-0.39, 0.29) is 17.7 Å². The normalized spacial score (nSPS) is 19.8. The molecule has 1 aromatic rings. The van der Waals surface area contributed by atoms with Gasteiger partial charge in [0.25, 0.3) is 0 Å². The lowest BCUT2D eigenvalue weighted by Crippen LogP contribution is -2.44. The van der Waals surface area contributed by atoms with E-state index in [1.165, 1.54) is 6.42 Å². The number of ether oxygens (including phenoxy) is 1. The van der Waals surface area contributed by atoms with Crippen molar-refractivity contribution in [3.63, 3.8) is 0 Å². The number of carbonyl (C=O) groups is 2. The predicted octanol–water partition coefficient (Wildman–Crippen LogP) is 2.11. The number of hydrogen-bond donors (Lipinski definition) is 3. The standard InChI is InChI=1S/C21H32N4O3/c1-15-5-6-17(23-21(27)20(22)16-7-11-28-12-8-16)13-18(15)24-19(26)14-25-9-3-2-4-10-25/h5-6,13,16,20H,2-4,7-12,14,22H2,1H3,(H,23,27)(H,24,26). The number of benzene rings is 1. The van der Waals surface area contributed by atoms with Gasteiger partial charge in [0.05, 0.1) is 12.6 Å². The zero-order valence-electron chi connectivity index (χ0n) is 16.7. The molecule has 154 valence electrons. The van der Waals surface area contributed by atoms with E-state index in [2.05, 4.69) is 15.5 Å². The van der Waals surface area contributed by atoms with Crippen molar-refractivity contribution < 1.29 is 14.3 Å². The molecule has 2 aliphatic rings. The number of likely N-dealkylation sites (tertiary alicyclic amines) is 1. The van der Waals surface area contributed by atoms with Crippen LogP contribution in [0.3, 0.4) is 0 Å². The number of piperidine rings is 1. The van der Waals surface area contributed by atoms with Gasteiger partial charge in [-0.15, -0.1) is 0 Å². The van der Waals surface area contributed by atoms with Gasteiger partial charge < -0.3 is 21.1 Å². The minimum atomic E-state index is -0.553. The molecule has 1 unspecified atom stereocenters. The van der Waals surface area contributed by atoms with E-state index in [1.54, 1.807) is 6.07 Å². The number of nitrogens with two attached hydrogens (primary N) is 1. The first kappa shape index (κ1) is 20.8. The molecule has 0 radical (unpaired) electrons. The Morgan fingerprint density at radius 2 is 1.89 bits per heavy atom. The summed E-state index contributed by atoms with van der Waals surface area (Å²) in [5, 5.41) is 5.88. The lowest BCUT2D eigenvalue weighted by atomic mass is 9.92. The number of hydrogen-bond acceptors (Lipinski definition) is 5. The van der Waals surface area contributed by atoms with Crippen molar-refractivity contribution in [1.82, 2.24) is 4.90 Å². The van der Waals surface area contributed by atoms with Crippen LogP contribution in [0.1, 0.15) is 37.7 Å². The molecule has 0 saturated carbocycles. The molecule has 3 rings (SSSR count). The lowest BCUT2D eigenvalue weighted by Gasteiger charge is -2.27. The van der Waals surface area contributed by atoms with Crippen LogP contribution < -0.4 is 16.4 Å². The van der Waals surface area contributed by atoms with Gasteiger partial charge >= 0.3 is 0 Å². The molecule has 0 bridgehead atoms. The molecule has 2 amide bonds. The van der Waals surface area contributed by atoms with Crippen LogP contribution in [0.5, 0.6) is 0 Å². The molecule has 28 heavy (non-hydrogen) atoms. The Labute approximate surface area is 167 Å². The second-order valence-electron chi connectivity index (χ2n) is 7.88. The average Bonchev–Trinajstić information content (AvgIpc) is 2.71. The first-order valence-electron chi connectivity index (χ1n) is 10.3. The Morgan fingerprint density at radius 3 is 2.61 bits per heavy atom. The Morgan fingerprint density at radius 1 is 1.18 bits per heavy atom. The maximum atomic E-state index is 12.5. The lowest BCUT2D eigenvalue weighted by molar-refractivity contribution is -0.119. The summed E-state index contributed by atoms with van der Waals surface area (Å²) in [5.74, 6) is -0.0726. The molecule has 7 heteroatoms. The molecule has 4 N–H and O–H groups in total. The van der Waals surface area contributed by atoms with Crippen LogP contribution in [0, 0.1) is 12.8 Å². The Kier molecular flexibility index (Phi) is 7.42. The average molecular weight is 389 g/mol. The van der Waals surface area contributed by atoms with E-state index < -0.39 is 6.04 Å². The summed E-state index contributed by atoms with van der Waals surface area (Å²) < 4.78 is 5.34. The fraction of sp³-hybridized carbons (Fsp3) is 0.619. The van der Waals surface area contributed by atoms with E-state index >= 15 is 0 Å². The van der Waals surface area contributed by atoms with Crippen LogP contribution >= 0.6 is 0 Å². The summed E-state index contributed by atoms with van der Waals surface area (Å²) >= 11 is 0. The summed E-state index contributed by atoms with van der Waals surface area (Å²) in [5.41, 5.74) is 8.47. The van der Waals surface area contributed by atoms with Crippen LogP contribution in [-0.4, -0.2) is 55.6 Å². The molecule has 0 spiro atoms. The third-order valence-electron chi connectivity index (χ3n) is 5.67. The van der Waals surface area contributed by atoms with Gasteiger partial charge in [0, 0.05) is 24.6 Å². The molecule has 2 heterocycles. The first-order chi connectivity index (χ1) is 13.5. The Balaban J connectivity index is 1.57. The summed E-state index contributed by atoms with van der Waals surface area (Å²) in [7, 11) is 0. The van der Waals surface area contributed by atoms with E-state index in [4.69, 9.17) is 10.5 Å². The van der Waals surface area contributed by atoms with E-state index in [0.29, 0.717) is 25.4 Å². The van der Waals surface area contributed by atoms with Gasteiger partial charge in [-0.1, -0.05) is 12.5 Å². The zero-order valence-corrected chi connectivity index (χ0v) is 16.7. The summed E-state index contributed by atoms with van der Waals surface area (Å²) in [6, 6.07) is 4.98. The van der Waals surface area contributed by atoms with Crippen molar-refractivity contribution >= 4 is 23.2 Å². The third kappa shape index (κ3) is 5.77. The van der Waals surface area contributed by atoms with Gasteiger partial charge in [0.2, 0.25) is 11.8 Å². The van der Waals surface area contributed by atoms with Crippen LogP contribution in [0.25, 0.3) is 0 Å². The minimum absolute atomic E-state index is 0.0209. The number of carbonyl (C=O) groups excluding carboxylic acids is 2. The number of aryl methyl sites for hydroxylation is 1. The third-order valence-corrected chi connectivity index (χ3v) is 5.67. The maximum absolute atomic E-state index is 12.5. The fourth-order valence-electron chi connectivity index (χ4n) is 3.86. The second-order valence-corrected chi connectivity index (χ2v) is 7.88. The van der Waals surface area contributed by atoms with E-state index in [9.17, 15) is 9.59 Å². The van der Waals surface area contributed by atoms with Gasteiger partial charge in [-0.2, -0.15) is 0 Å². The highest BCUT2D eigenvalue weighted by molar-refractivity contribution is 5.97. The number of amides is 2. The first-order valence-corrected chi connectivity index (χ1v) is 10.3. The summed E-state index contributed by atoms with van der Waals surface area (Å²) in [6.45, 7) is 5.62. The molecular formula is C21H32N4O3. The second kappa shape index (κ2) is 10.0. The van der Waals surface area contributed by atoms with Gasteiger partial charge in [0.15, 0.2) is 0 Å². The Hall–Kier alpha value is -1.96. The molecule has 2 saturated heterocycles. The summed E-state index contributed by atoms with van der Waals surface area (Å²) in [6.07, 6.45) is 5.16. The molecule has 2 fully saturated rings. The smallest absolute Gasteiger partial charge is 0.241 e. The number of nitrogens with one attached hydrogen (secondary N) is 2. The molecule has 2 aliphatic heterocycles. The molecule has 0 aromatic heterocycles. The highest BCUT2D eigenvalue weighted by Gasteiger charge is 2.26. The SMILES string of the molecule is Cc1ccc(NC(=O)C(N)C2CCOCC2)cc1NC(=O)CN1CCCCC1. The topological polar surface area (TPSA) is 96.7 Å². The molecule has 0 aliphatic carbocycles. The van der Waals surface area contributed by atoms with Crippen LogP contribution in [0.2, 0.25) is 0 Å². The van der Waals surface area contributed by atoms with Gasteiger partial charge in [-0.3, -0.25) is 14.5 Å². The van der Waals surface area contributed by atoms with Gasteiger partial charge in [0.1, 0.15) is 0 Å². The van der Waals surface area contributed by atoms with Crippen LogP contribution in [0.15, 0.2) is 18.2 Å². The molecular weight excluding hydrogens is 356 g/mol. The van der Waals surface area contributed by atoms with Crippen molar-refractivity contribution in [2.24, 2.45) is 11.7 Å². The largest absolute Gasteiger partial charge is 0.381 e. The molecule has 1 aromatic carbocycles. The molecule has 1 atom stereocenters. The van der Waals surface area contributed by atoms with Gasteiger partial charge in [-0.25, -0.2) is 0 Å². The zero-order chi connectivity index (χ0) is 19.9. The number of nitrogens with zero attached hydrogens (tertiary/aromatic N) is 1. The fourth-order valence-corrected chi connectivity index (χ4v) is 3.86. The van der Waals surface area contributed by atoms with Crippen molar-refractivity contribution in [2.75, 3.05) is 43.5 Å². The summed E-state index contributed by atoms with van der Waals surface area (Å²) in [4.78, 5) is 27.1. The van der Waals surface area contributed by atoms with Crippen LogP contribution in [-0.2, 0) is 14.3 Å². The highest BCUT2D eigenvalue weighted by atomic mass is 16.5. The maximum Gasteiger partial charge on any atom is 0.241 e. The Bertz CT molecular complexity index is 682. The van der Waals surface area contributed by atoms with Crippen LogP contribution in [0.4, 0.5) is 11.4 Å². The quantitative estimate of drug-likeness (QED) is 0.694. The van der Waals surface area contributed by atoms with Gasteiger partial charge in [-0.05, 0) is 69.3 Å². The highest BCUT2D eigenvalue weighted by Crippen LogP contribution is 2.22. The minimum Gasteiger partial charge on any atom is -0.381 e. The van der Waals surface area contributed by atoms with Crippen molar-refractivity contribution in [1.29, 1.82) is 0 Å². The molecule has 7 nitrogen and oxygen atoms in total. The van der Waals surface area contributed by atoms with E-state index in [0.717, 1.165) is 50.0 Å². The van der Waals surface area contributed by atoms with Crippen molar-refractivity contribution in [3.05, 3.63) is 23.8 Å². The van der Waals surface area contributed by atoms with Crippen molar-refractivity contribution in [3.8, 4) is 0 Å². The monoisotopic (exact) mass is 388 g/mol. The number of rotatable bonds is 6. The van der Waals surface area contributed by atoms with E-state index in [1.807, 2.05) is 19.1 Å². The predicted molar refractivity (Wildman–Crippen MR) is 110 cm³/mol. The number of anilines is 2.